The second kappa shape index (κ2) is 5.05. The lowest BCUT2D eigenvalue weighted by molar-refractivity contribution is -0.0846. The number of benzene rings is 1. The Balaban J connectivity index is 2.18. The van der Waals surface area contributed by atoms with Crippen LogP contribution in [-0.4, -0.2) is 22.4 Å². The molecule has 1 N–H and O–H groups in total. The molecule has 112 valence electrons. The van der Waals surface area contributed by atoms with E-state index in [-0.39, 0.29) is 17.3 Å². The Morgan fingerprint density at radius 3 is 2.40 bits per heavy atom. The Morgan fingerprint density at radius 2 is 1.95 bits per heavy atom. The molecular formula is C17H26O3. The van der Waals surface area contributed by atoms with E-state index in [1.54, 1.807) is 6.92 Å². The van der Waals surface area contributed by atoms with Crippen LogP contribution >= 0.6 is 0 Å². The number of aliphatic hydroxyl groups excluding tert-OH is 1. The Hall–Kier alpha value is -1.06. The fourth-order valence-electron chi connectivity index (χ4n) is 2.91. The van der Waals surface area contributed by atoms with Crippen molar-refractivity contribution in [2.75, 3.05) is 0 Å². The predicted molar refractivity (Wildman–Crippen MR) is 80.1 cm³/mol. The van der Waals surface area contributed by atoms with Crippen LogP contribution in [0, 0.1) is 6.92 Å². The Bertz CT molecular complexity index is 489. The molecule has 0 radical (unpaired) electrons. The highest BCUT2D eigenvalue weighted by molar-refractivity contribution is 5.37. The van der Waals surface area contributed by atoms with Crippen molar-refractivity contribution in [3.05, 3.63) is 29.3 Å². The van der Waals surface area contributed by atoms with Gasteiger partial charge in [-0.2, -0.15) is 0 Å². The van der Waals surface area contributed by atoms with Gasteiger partial charge in [0, 0.05) is 6.42 Å². The molecule has 2 rings (SSSR count). The first kappa shape index (κ1) is 15.3. The van der Waals surface area contributed by atoms with Crippen LogP contribution in [0.2, 0.25) is 0 Å². The maximum Gasteiger partial charge on any atom is 0.130 e. The van der Waals surface area contributed by atoms with Gasteiger partial charge >= 0.3 is 0 Å². The Labute approximate surface area is 121 Å². The van der Waals surface area contributed by atoms with Gasteiger partial charge in [0.2, 0.25) is 0 Å². The summed E-state index contributed by atoms with van der Waals surface area (Å²) in [5.41, 5.74) is 1.52. The van der Waals surface area contributed by atoms with Crippen LogP contribution in [-0.2, 0) is 4.74 Å². The van der Waals surface area contributed by atoms with Gasteiger partial charge in [-0.25, -0.2) is 0 Å². The molecule has 0 amide bonds. The smallest absolute Gasteiger partial charge is 0.130 e. The maximum absolute atomic E-state index is 9.61. The van der Waals surface area contributed by atoms with E-state index < -0.39 is 6.10 Å². The maximum atomic E-state index is 9.61. The summed E-state index contributed by atoms with van der Waals surface area (Å²) in [6, 6.07) is 5.84. The second-order valence-electron chi connectivity index (χ2n) is 6.98. The number of hydrogen-bond acceptors (Lipinski definition) is 3. The lowest BCUT2D eigenvalue weighted by Gasteiger charge is -2.28. The number of ether oxygens (including phenoxy) is 2. The standard InChI is InChI=1S/C17H26O3/c1-11-9-13(12(2)18)7-8-14(11)19-15-10-16(3,4)20-17(15,5)6/h7-9,12,15,18H,10H2,1-6H3/t12-,15?/m1/s1. The highest BCUT2D eigenvalue weighted by atomic mass is 16.6. The zero-order valence-electron chi connectivity index (χ0n) is 13.4. The van der Waals surface area contributed by atoms with Crippen LogP contribution in [0.25, 0.3) is 0 Å². The van der Waals surface area contributed by atoms with Crippen LogP contribution in [0.15, 0.2) is 18.2 Å². The van der Waals surface area contributed by atoms with E-state index in [2.05, 4.69) is 27.7 Å². The van der Waals surface area contributed by atoms with Gasteiger partial charge < -0.3 is 14.6 Å². The molecular weight excluding hydrogens is 252 g/mol. The first-order valence-corrected chi connectivity index (χ1v) is 7.26. The lowest BCUT2D eigenvalue weighted by atomic mass is 9.97. The van der Waals surface area contributed by atoms with Crippen molar-refractivity contribution >= 4 is 0 Å². The van der Waals surface area contributed by atoms with Crippen molar-refractivity contribution in [2.24, 2.45) is 0 Å². The summed E-state index contributed by atoms with van der Waals surface area (Å²) in [6.07, 6.45) is 0.457. The highest BCUT2D eigenvalue weighted by Gasteiger charge is 2.47. The summed E-state index contributed by atoms with van der Waals surface area (Å²) < 4.78 is 12.2. The fraction of sp³-hybridized carbons (Fsp3) is 0.647. The fourth-order valence-corrected chi connectivity index (χ4v) is 2.91. The molecule has 0 bridgehead atoms. The average Bonchev–Trinajstić information content (AvgIpc) is 2.49. The van der Waals surface area contributed by atoms with Crippen molar-refractivity contribution in [3.63, 3.8) is 0 Å². The third-order valence-electron chi connectivity index (χ3n) is 3.94. The van der Waals surface area contributed by atoms with E-state index in [4.69, 9.17) is 9.47 Å². The molecule has 0 spiro atoms. The van der Waals surface area contributed by atoms with Crippen LogP contribution in [0.3, 0.4) is 0 Å². The largest absolute Gasteiger partial charge is 0.487 e. The Morgan fingerprint density at radius 1 is 1.30 bits per heavy atom. The van der Waals surface area contributed by atoms with Gasteiger partial charge in [0.1, 0.15) is 17.5 Å². The minimum absolute atomic E-state index is 0.0357. The summed E-state index contributed by atoms with van der Waals surface area (Å²) >= 11 is 0. The second-order valence-corrected chi connectivity index (χ2v) is 6.98. The number of aryl methyl sites for hydroxylation is 1. The van der Waals surface area contributed by atoms with Gasteiger partial charge in [0.15, 0.2) is 0 Å². The SMILES string of the molecule is Cc1cc([C@@H](C)O)ccc1OC1CC(C)(C)OC1(C)C. The zero-order chi connectivity index (χ0) is 15.1. The third kappa shape index (κ3) is 3.15. The minimum atomic E-state index is -0.451. The van der Waals surface area contributed by atoms with Gasteiger partial charge in [-0.1, -0.05) is 6.07 Å². The lowest BCUT2D eigenvalue weighted by Crippen LogP contribution is -2.36. The van der Waals surface area contributed by atoms with Crippen molar-refractivity contribution in [1.82, 2.24) is 0 Å². The Kier molecular flexibility index (Phi) is 3.87. The van der Waals surface area contributed by atoms with Gasteiger partial charge in [-0.05, 0) is 64.8 Å². The first-order valence-electron chi connectivity index (χ1n) is 7.26. The molecule has 1 aliphatic rings. The van der Waals surface area contributed by atoms with Crippen molar-refractivity contribution in [3.8, 4) is 5.75 Å². The molecule has 0 aliphatic carbocycles. The predicted octanol–water partition coefficient (Wildman–Crippen LogP) is 3.77. The summed E-state index contributed by atoms with van der Waals surface area (Å²) in [5.74, 6) is 0.869. The molecule has 0 saturated carbocycles. The molecule has 1 fully saturated rings. The van der Waals surface area contributed by atoms with Gasteiger partial charge in [0.25, 0.3) is 0 Å². The van der Waals surface area contributed by atoms with E-state index >= 15 is 0 Å². The zero-order valence-corrected chi connectivity index (χ0v) is 13.4. The van der Waals surface area contributed by atoms with E-state index in [1.807, 2.05) is 25.1 Å². The van der Waals surface area contributed by atoms with Crippen molar-refractivity contribution < 1.29 is 14.6 Å². The molecule has 1 heterocycles. The van der Waals surface area contributed by atoms with Crippen molar-refractivity contribution in [1.29, 1.82) is 0 Å². The van der Waals surface area contributed by atoms with Gasteiger partial charge in [-0.15, -0.1) is 0 Å². The molecule has 3 heteroatoms. The van der Waals surface area contributed by atoms with Gasteiger partial charge in [0.05, 0.1) is 11.7 Å². The summed E-state index contributed by atoms with van der Waals surface area (Å²) in [7, 11) is 0. The minimum Gasteiger partial charge on any atom is -0.487 e. The molecule has 1 saturated heterocycles. The first-order chi connectivity index (χ1) is 9.11. The molecule has 1 aromatic carbocycles. The molecule has 0 aromatic heterocycles. The molecule has 2 atom stereocenters. The van der Waals surface area contributed by atoms with Crippen LogP contribution in [0.4, 0.5) is 0 Å². The topological polar surface area (TPSA) is 38.7 Å². The number of aliphatic hydroxyl groups is 1. The van der Waals surface area contributed by atoms with Crippen molar-refractivity contribution in [2.45, 2.75) is 71.4 Å². The average molecular weight is 278 g/mol. The van der Waals surface area contributed by atoms with E-state index in [1.165, 1.54) is 0 Å². The summed E-state index contributed by atoms with van der Waals surface area (Å²) in [4.78, 5) is 0. The normalized spacial score (nSPS) is 25.4. The number of rotatable bonds is 3. The molecule has 1 unspecified atom stereocenters. The quantitative estimate of drug-likeness (QED) is 0.914. The van der Waals surface area contributed by atoms with Gasteiger partial charge in [-0.3, -0.25) is 0 Å². The summed E-state index contributed by atoms with van der Waals surface area (Å²) in [6.45, 7) is 12.1. The van der Waals surface area contributed by atoms with E-state index in [0.29, 0.717) is 0 Å². The molecule has 1 aromatic rings. The van der Waals surface area contributed by atoms with Crippen LogP contribution in [0.5, 0.6) is 5.75 Å². The molecule has 1 aliphatic heterocycles. The van der Waals surface area contributed by atoms with E-state index in [0.717, 1.165) is 23.3 Å². The van der Waals surface area contributed by atoms with E-state index in [9.17, 15) is 5.11 Å². The summed E-state index contributed by atoms with van der Waals surface area (Å²) in [5, 5.41) is 9.61. The third-order valence-corrected chi connectivity index (χ3v) is 3.94. The van der Waals surface area contributed by atoms with Crippen LogP contribution < -0.4 is 4.74 Å². The monoisotopic (exact) mass is 278 g/mol. The number of hydrogen-bond donors (Lipinski definition) is 1. The molecule has 3 nitrogen and oxygen atoms in total. The van der Waals surface area contributed by atoms with Crippen LogP contribution in [0.1, 0.15) is 58.3 Å². The molecule has 20 heavy (non-hydrogen) atoms. The highest BCUT2D eigenvalue weighted by Crippen LogP contribution is 2.40.